The van der Waals surface area contributed by atoms with E-state index in [2.05, 4.69) is 16.0 Å². The third kappa shape index (κ3) is 2.58. The van der Waals surface area contributed by atoms with Crippen molar-refractivity contribution in [1.29, 1.82) is 0 Å². The summed E-state index contributed by atoms with van der Waals surface area (Å²) in [6, 6.07) is 9.63. The molecule has 0 atom stereocenters. The van der Waals surface area contributed by atoms with E-state index in [1.54, 1.807) is 7.11 Å². The molecule has 1 N–H and O–H groups in total. The van der Waals surface area contributed by atoms with Crippen LogP contribution in [0.4, 0.5) is 0 Å². The Bertz CT molecular complexity index is 645. The number of aromatic nitrogens is 2. The first-order chi connectivity index (χ1) is 9.28. The van der Waals surface area contributed by atoms with Crippen LogP contribution >= 0.6 is 0 Å². The quantitative estimate of drug-likeness (QED) is 0.914. The zero-order valence-corrected chi connectivity index (χ0v) is 10.8. The van der Waals surface area contributed by atoms with Crippen LogP contribution in [0.15, 0.2) is 35.1 Å². The summed E-state index contributed by atoms with van der Waals surface area (Å²) in [5.74, 6) is 1.26. The molecule has 0 aliphatic heterocycles. The van der Waals surface area contributed by atoms with Gasteiger partial charge < -0.3 is 9.72 Å². The molecule has 1 aromatic heterocycles. The van der Waals surface area contributed by atoms with Gasteiger partial charge in [-0.1, -0.05) is 24.3 Å². The highest BCUT2D eigenvalue weighted by Crippen LogP contribution is 2.43. The van der Waals surface area contributed by atoms with Crippen molar-refractivity contribution in [3.8, 4) is 11.4 Å². The van der Waals surface area contributed by atoms with Gasteiger partial charge in [0, 0.05) is 18.7 Å². The lowest BCUT2D eigenvalue weighted by Crippen LogP contribution is -2.11. The van der Waals surface area contributed by atoms with E-state index < -0.39 is 0 Å². The summed E-state index contributed by atoms with van der Waals surface area (Å²) >= 11 is 0. The summed E-state index contributed by atoms with van der Waals surface area (Å²) < 4.78 is 5.05. The highest BCUT2D eigenvalue weighted by molar-refractivity contribution is 5.61. The predicted octanol–water partition coefficient (Wildman–Crippen LogP) is 2.46. The minimum Gasteiger partial charge on any atom is -0.378 e. The molecule has 0 saturated heterocycles. The van der Waals surface area contributed by atoms with Crippen LogP contribution in [0.25, 0.3) is 11.4 Å². The maximum absolute atomic E-state index is 11.7. The van der Waals surface area contributed by atoms with Gasteiger partial charge in [-0.2, -0.15) is 0 Å². The molecule has 1 saturated carbocycles. The second kappa shape index (κ2) is 4.97. The summed E-state index contributed by atoms with van der Waals surface area (Å²) in [6.07, 6.45) is 2.44. The van der Waals surface area contributed by atoms with E-state index in [0.717, 1.165) is 5.56 Å². The second-order valence-electron chi connectivity index (χ2n) is 4.88. The maximum Gasteiger partial charge on any atom is 0.251 e. The van der Waals surface area contributed by atoms with Gasteiger partial charge in [0.15, 0.2) is 0 Å². The number of hydrogen-bond acceptors (Lipinski definition) is 3. The van der Waals surface area contributed by atoms with E-state index >= 15 is 0 Å². The van der Waals surface area contributed by atoms with Crippen LogP contribution in [-0.2, 0) is 11.3 Å². The van der Waals surface area contributed by atoms with Gasteiger partial charge in [-0.25, -0.2) is 4.98 Å². The van der Waals surface area contributed by atoms with Crippen molar-refractivity contribution in [2.24, 2.45) is 0 Å². The molecule has 0 spiro atoms. The van der Waals surface area contributed by atoms with Gasteiger partial charge in [0.25, 0.3) is 5.56 Å². The van der Waals surface area contributed by atoms with Crippen molar-refractivity contribution < 1.29 is 4.74 Å². The molecule has 0 amide bonds. The SMILES string of the molecule is COCc1cc(=O)[nH]c(-c2ccccc2C2CC2)n1. The maximum atomic E-state index is 11.7. The number of nitrogens with zero attached hydrogens (tertiary/aromatic N) is 1. The number of ether oxygens (including phenoxy) is 1. The molecule has 1 fully saturated rings. The number of rotatable bonds is 4. The monoisotopic (exact) mass is 256 g/mol. The topological polar surface area (TPSA) is 55.0 Å². The van der Waals surface area contributed by atoms with E-state index in [-0.39, 0.29) is 5.56 Å². The Morgan fingerprint density at radius 1 is 1.37 bits per heavy atom. The van der Waals surface area contributed by atoms with Gasteiger partial charge in [0.1, 0.15) is 5.82 Å². The molecule has 98 valence electrons. The molecule has 4 heteroatoms. The average Bonchev–Trinajstić information content (AvgIpc) is 3.23. The average molecular weight is 256 g/mol. The van der Waals surface area contributed by atoms with E-state index in [4.69, 9.17) is 4.74 Å². The Kier molecular flexibility index (Phi) is 3.17. The summed E-state index contributed by atoms with van der Waals surface area (Å²) in [7, 11) is 1.60. The first kappa shape index (κ1) is 12.1. The van der Waals surface area contributed by atoms with Gasteiger partial charge in [-0.15, -0.1) is 0 Å². The zero-order chi connectivity index (χ0) is 13.2. The van der Waals surface area contributed by atoms with Crippen LogP contribution < -0.4 is 5.56 Å². The van der Waals surface area contributed by atoms with Crippen molar-refractivity contribution in [3.05, 3.63) is 51.9 Å². The van der Waals surface area contributed by atoms with Crippen LogP contribution in [0, 0.1) is 0 Å². The van der Waals surface area contributed by atoms with E-state index in [1.165, 1.54) is 24.5 Å². The van der Waals surface area contributed by atoms with Crippen LogP contribution in [0.5, 0.6) is 0 Å². The molecule has 1 aromatic carbocycles. The summed E-state index contributed by atoms with van der Waals surface area (Å²) in [4.78, 5) is 19.0. The van der Waals surface area contributed by atoms with E-state index in [9.17, 15) is 4.79 Å². The molecular weight excluding hydrogens is 240 g/mol. The molecular formula is C15H16N2O2. The van der Waals surface area contributed by atoms with Gasteiger partial charge in [-0.05, 0) is 24.3 Å². The van der Waals surface area contributed by atoms with Gasteiger partial charge >= 0.3 is 0 Å². The fourth-order valence-electron chi connectivity index (χ4n) is 2.32. The molecule has 3 rings (SSSR count). The molecule has 1 heterocycles. The molecule has 2 aromatic rings. The van der Waals surface area contributed by atoms with Gasteiger partial charge in [0.05, 0.1) is 12.3 Å². The van der Waals surface area contributed by atoms with Crippen LogP contribution in [-0.4, -0.2) is 17.1 Å². The fourth-order valence-corrected chi connectivity index (χ4v) is 2.32. The number of H-pyrrole nitrogens is 1. The summed E-state index contributed by atoms with van der Waals surface area (Å²) in [5, 5.41) is 0. The Morgan fingerprint density at radius 3 is 2.89 bits per heavy atom. The normalized spacial score (nSPS) is 14.6. The highest BCUT2D eigenvalue weighted by Gasteiger charge is 2.26. The third-order valence-electron chi connectivity index (χ3n) is 3.32. The molecule has 1 aliphatic carbocycles. The number of benzene rings is 1. The zero-order valence-electron chi connectivity index (χ0n) is 10.8. The fraction of sp³-hybridized carbons (Fsp3) is 0.333. The van der Waals surface area contributed by atoms with Crippen LogP contribution in [0.2, 0.25) is 0 Å². The number of nitrogens with one attached hydrogen (secondary N) is 1. The van der Waals surface area contributed by atoms with E-state index in [0.29, 0.717) is 24.0 Å². The molecule has 0 bridgehead atoms. The Balaban J connectivity index is 2.08. The highest BCUT2D eigenvalue weighted by atomic mass is 16.5. The standard InChI is InChI=1S/C15H16N2O2/c1-19-9-11-8-14(18)17-15(16-11)13-5-3-2-4-12(13)10-6-7-10/h2-5,8,10H,6-7,9H2,1H3,(H,16,17,18). The molecule has 19 heavy (non-hydrogen) atoms. The first-order valence-corrected chi connectivity index (χ1v) is 6.46. The summed E-state index contributed by atoms with van der Waals surface area (Å²) in [5.41, 5.74) is 2.83. The minimum atomic E-state index is -0.136. The lowest BCUT2D eigenvalue weighted by molar-refractivity contribution is 0.181. The van der Waals surface area contributed by atoms with Crippen molar-refractivity contribution in [2.75, 3.05) is 7.11 Å². The lowest BCUT2D eigenvalue weighted by Gasteiger charge is -2.08. The minimum absolute atomic E-state index is 0.136. The van der Waals surface area contributed by atoms with Gasteiger partial charge in [0.2, 0.25) is 0 Å². The van der Waals surface area contributed by atoms with Gasteiger partial charge in [-0.3, -0.25) is 4.79 Å². The Hall–Kier alpha value is -1.94. The Morgan fingerprint density at radius 2 is 2.16 bits per heavy atom. The largest absolute Gasteiger partial charge is 0.378 e. The smallest absolute Gasteiger partial charge is 0.251 e. The molecule has 1 aliphatic rings. The van der Waals surface area contributed by atoms with Crippen molar-refractivity contribution in [1.82, 2.24) is 9.97 Å². The van der Waals surface area contributed by atoms with Crippen molar-refractivity contribution in [2.45, 2.75) is 25.4 Å². The number of methoxy groups -OCH3 is 1. The number of aromatic amines is 1. The van der Waals surface area contributed by atoms with Crippen molar-refractivity contribution >= 4 is 0 Å². The lowest BCUT2D eigenvalue weighted by atomic mass is 10.0. The molecule has 0 unspecified atom stereocenters. The second-order valence-corrected chi connectivity index (χ2v) is 4.88. The Labute approximate surface area is 111 Å². The third-order valence-corrected chi connectivity index (χ3v) is 3.32. The predicted molar refractivity (Wildman–Crippen MR) is 73.0 cm³/mol. The molecule has 4 nitrogen and oxygen atoms in total. The number of hydrogen-bond donors (Lipinski definition) is 1. The molecule has 0 radical (unpaired) electrons. The van der Waals surface area contributed by atoms with Crippen LogP contribution in [0.1, 0.15) is 30.0 Å². The summed E-state index contributed by atoms with van der Waals surface area (Å²) in [6.45, 7) is 0.350. The van der Waals surface area contributed by atoms with E-state index in [1.807, 2.05) is 18.2 Å². The first-order valence-electron chi connectivity index (χ1n) is 6.46. The van der Waals surface area contributed by atoms with Crippen molar-refractivity contribution in [3.63, 3.8) is 0 Å². The van der Waals surface area contributed by atoms with Crippen LogP contribution in [0.3, 0.4) is 0 Å².